The molecule has 0 nitrogen and oxygen atoms in total. The zero-order chi connectivity index (χ0) is 15.5. The second kappa shape index (κ2) is 6.52. The van der Waals surface area contributed by atoms with Crippen molar-refractivity contribution in [2.75, 3.05) is 0 Å². The van der Waals surface area contributed by atoms with Gasteiger partial charge in [0.2, 0.25) is 0 Å². The number of hydrogen-bond acceptors (Lipinski definition) is 0. The van der Waals surface area contributed by atoms with Gasteiger partial charge in [0.05, 0.1) is 0 Å². The van der Waals surface area contributed by atoms with Gasteiger partial charge in [-0.05, 0) is 0 Å². The Morgan fingerprint density at radius 1 is 0.591 bits per heavy atom. The van der Waals surface area contributed by atoms with Crippen LogP contribution < -0.4 is 13.4 Å². The molecule has 3 aromatic rings. The van der Waals surface area contributed by atoms with Gasteiger partial charge in [0.15, 0.2) is 0 Å². The van der Waals surface area contributed by atoms with Crippen molar-refractivity contribution in [1.29, 1.82) is 0 Å². The summed E-state index contributed by atoms with van der Waals surface area (Å²) in [6.07, 6.45) is 0. The number of rotatable bonds is 3. The molecule has 0 aliphatic carbocycles. The third-order valence-electron chi connectivity index (χ3n) is 3.77. The molecule has 3 aromatic carbocycles. The Kier molecular flexibility index (Phi) is 4.47. The van der Waals surface area contributed by atoms with Crippen LogP contribution in [0.15, 0.2) is 72.8 Å². The summed E-state index contributed by atoms with van der Waals surface area (Å²) < 4.78 is 4.51. The molecule has 1 heteroatoms. The van der Waals surface area contributed by atoms with Crippen LogP contribution in [0, 0.1) is 20.8 Å². The Bertz CT molecular complexity index is 698. The van der Waals surface area contributed by atoms with Crippen LogP contribution in [-0.4, -0.2) is 13.9 Å². The third-order valence-corrected chi connectivity index (χ3v) is 9.09. The van der Waals surface area contributed by atoms with Crippen molar-refractivity contribution in [3.63, 3.8) is 0 Å². The molecule has 0 saturated heterocycles. The van der Waals surface area contributed by atoms with Crippen molar-refractivity contribution in [2.45, 2.75) is 20.8 Å². The molecule has 0 N–H and O–H groups in total. The predicted octanol–water partition coefficient (Wildman–Crippen LogP) is 3.13. The van der Waals surface area contributed by atoms with Gasteiger partial charge in [0.25, 0.3) is 0 Å². The van der Waals surface area contributed by atoms with Crippen molar-refractivity contribution in [3.8, 4) is 0 Å². The van der Waals surface area contributed by atoms with E-state index in [2.05, 4.69) is 93.6 Å². The van der Waals surface area contributed by atoms with Crippen molar-refractivity contribution >= 4 is 27.3 Å². The molecule has 0 radical (unpaired) electrons. The van der Waals surface area contributed by atoms with Gasteiger partial charge in [-0.25, -0.2) is 0 Å². The Hall–Kier alpha value is -1.82. The SMILES string of the molecule is Cc1cc(C)c([Se+](c2ccccc2)c2ccccc2)c(C)c1. The summed E-state index contributed by atoms with van der Waals surface area (Å²) in [6.45, 7) is 6.71. The molecule has 0 amide bonds. The van der Waals surface area contributed by atoms with E-state index in [1.807, 2.05) is 0 Å². The molecule has 0 saturated carbocycles. The van der Waals surface area contributed by atoms with E-state index < -0.39 is 13.9 Å². The average molecular weight is 352 g/mol. The van der Waals surface area contributed by atoms with Gasteiger partial charge < -0.3 is 0 Å². The normalized spacial score (nSPS) is 10.9. The Morgan fingerprint density at radius 3 is 1.41 bits per heavy atom. The Balaban J connectivity index is 2.24. The van der Waals surface area contributed by atoms with Crippen LogP contribution in [0.5, 0.6) is 0 Å². The molecule has 3 rings (SSSR count). The Labute approximate surface area is 137 Å². The second-order valence-electron chi connectivity index (χ2n) is 5.66. The fourth-order valence-corrected chi connectivity index (χ4v) is 7.93. The Morgan fingerprint density at radius 2 is 1.00 bits per heavy atom. The first-order valence-corrected chi connectivity index (χ1v) is 10.2. The molecule has 0 aliphatic heterocycles. The zero-order valence-corrected chi connectivity index (χ0v) is 15.0. The standard InChI is InChI=1S/C21H21Se/c1-16-14-17(2)21(18(3)15-16)22(19-10-6-4-7-11-19)20-12-8-5-9-13-20/h4-15H,1-3H3/q+1. The number of benzene rings is 3. The third kappa shape index (κ3) is 3.02. The van der Waals surface area contributed by atoms with E-state index in [0.29, 0.717) is 0 Å². The molecule has 0 aromatic heterocycles. The van der Waals surface area contributed by atoms with Gasteiger partial charge in [-0.15, -0.1) is 0 Å². The summed E-state index contributed by atoms with van der Waals surface area (Å²) >= 11 is -1.24. The molecule has 0 atom stereocenters. The van der Waals surface area contributed by atoms with Crippen LogP contribution in [0.3, 0.4) is 0 Å². The molecular formula is C21H21Se+. The number of hydrogen-bond donors (Lipinski definition) is 0. The van der Waals surface area contributed by atoms with Crippen LogP contribution in [0.4, 0.5) is 0 Å². The zero-order valence-electron chi connectivity index (χ0n) is 13.3. The quantitative estimate of drug-likeness (QED) is 0.636. The minimum absolute atomic E-state index is 1.24. The van der Waals surface area contributed by atoms with Crippen molar-refractivity contribution < 1.29 is 0 Å². The maximum atomic E-state index is 2.32. The van der Waals surface area contributed by atoms with Gasteiger partial charge in [0.1, 0.15) is 0 Å². The van der Waals surface area contributed by atoms with E-state index in [9.17, 15) is 0 Å². The van der Waals surface area contributed by atoms with Gasteiger partial charge >= 0.3 is 138 Å². The summed E-state index contributed by atoms with van der Waals surface area (Å²) in [5.41, 5.74) is 4.20. The summed E-state index contributed by atoms with van der Waals surface area (Å²) in [5, 5.41) is 0. The monoisotopic (exact) mass is 353 g/mol. The molecule has 0 unspecified atom stereocenters. The van der Waals surface area contributed by atoms with E-state index in [1.54, 1.807) is 4.46 Å². The topological polar surface area (TPSA) is 0 Å². The van der Waals surface area contributed by atoms with Gasteiger partial charge in [-0.2, -0.15) is 0 Å². The average Bonchev–Trinajstić information content (AvgIpc) is 2.52. The van der Waals surface area contributed by atoms with Gasteiger partial charge in [0, 0.05) is 0 Å². The minimum atomic E-state index is -1.24. The molecular weight excluding hydrogens is 331 g/mol. The molecule has 0 heterocycles. The van der Waals surface area contributed by atoms with Crippen molar-refractivity contribution in [2.24, 2.45) is 0 Å². The van der Waals surface area contributed by atoms with E-state index >= 15 is 0 Å². The fourth-order valence-electron chi connectivity index (χ4n) is 2.97. The first-order chi connectivity index (χ1) is 10.7. The maximum absolute atomic E-state index is 2.32. The van der Waals surface area contributed by atoms with Crippen LogP contribution in [-0.2, 0) is 0 Å². The molecule has 22 heavy (non-hydrogen) atoms. The van der Waals surface area contributed by atoms with Crippen molar-refractivity contribution in [1.82, 2.24) is 0 Å². The van der Waals surface area contributed by atoms with E-state index in [1.165, 1.54) is 25.6 Å². The first kappa shape index (κ1) is 15.1. The van der Waals surface area contributed by atoms with E-state index in [-0.39, 0.29) is 0 Å². The van der Waals surface area contributed by atoms with Crippen LogP contribution >= 0.6 is 0 Å². The van der Waals surface area contributed by atoms with Crippen molar-refractivity contribution in [3.05, 3.63) is 89.5 Å². The summed E-state index contributed by atoms with van der Waals surface area (Å²) in [7, 11) is 0. The first-order valence-electron chi connectivity index (χ1n) is 7.59. The number of aryl methyl sites for hydroxylation is 3. The summed E-state index contributed by atoms with van der Waals surface area (Å²) in [4.78, 5) is 0. The molecule has 0 fully saturated rings. The second-order valence-corrected chi connectivity index (χ2v) is 9.78. The molecule has 0 bridgehead atoms. The summed E-state index contributed by atoms with van der Waals surface area (Å²) in [5.74, 6) is 0. The van der Waals surface area contributed by atoms with Gasteiger partial charge in [-0.1, -0.05) is 0 Å². The summed E-state index contributed by atoms with van der Waals surface area (Å²) in [6, 6.07) is 26.6. The molecule has 0 spiro atoms. The van der Waals surface area contributed by atoms with Gasteiger partial charge in [-0.3, -0.25) is 0 Å². The van der Waals surface area contributed by atoms with Crippen LogP contribution in [0.2, 0.25) is 0 Å². The fraction of sp³-hybridized carbons (Fsp3) is 0.143. The van der Waals surface area contributed by atoms with Crippen LogP contribution in [0.25, 0.3) is 0 Å². The van der Waals surface area contributed by atoms with E-state index in [4.69, 9.17) is 0 Å². The molecule has 0 aliphatic rings. The van der Waals surface area contributed by atoms with E-state index in [0.717, 1.165) is 0 Å². The molecule has 110 valence electrons. The predicted molar refractivity (Wildman–Crippen MR) is 98.2 cm³/mol. The van der Waals surface area contributed by atoms with Crippen LogP contribution in [0.1, 0.15) is 16.7 Å².